The van der Waals surface area contributed by atoms with Crippen molar-refractivity contribution in [3.63, 3.8) is 0 Å². The molecule has 0 saturated heterocycles. The van der Waals surface area contributed by atoms with E-state index < -0.39 is 54.0 Å². The molecule has 2 atom stereocenters. The molecule has 0 bridgehead atoms. The third kappa shape index (κ3) is 8.75. The molecule has 1 aliphatic rings. The number of rotatable bonds is 11. The monoisotopic (exact) mass is 506 g/mol. The molecule has 0 spiro atoms. The number of methoxy groups -OCH3 is 1. The van der Waals surface area contributed by atoms with Crippen molar-refractivity contribution in [2.24, 2.45) is 5.73 Å². The van der Waals surface area contributed by atoms with E-state index in [9.17, 15) is 29.1 Å². The van der Waals surface area contributed by atoms with Crippen molar-refractivity contribution in [2.75, 3.05) is 13.7 Å². The number of carbonyl (C=O) groups is 5. The number of primary amides is 1. The van der Waals surface area contributed by atoms with Gasteiger partial charge in [-0.15, -0.1) is 0 Å². The van der Waals surface area contributed by atoms with E-state index in [1.54, 1.807) is 26.8 Å². The van der Waals surface area contributed by atoms with Crippen LogP contribution in [0.1, 0.15) is 58.1 Å². The van der Waals surface area contributed by atoms with Crippen LogP contribution >= 0.6 is 0 Å². The lowest BCUT2D eigenvalue weighted by atomic mass is 10.0. The maximum atomic E-state index is 13.8. The third-order valence-corrected chi connectivity index (χ3v) is 5.21. The molecule has 36 heavy (non-hydrogen) atoms. The highest BCUT2D eigenvalue weighted by atomic mass is 16.6. The van der Waals surface area contributed by atoms with Crippen LogP contribution in [-0.4, -0.2) is 71.1 Å². The topological polar surface area (TPSA) is 177 Å². The fraction of sp³-hybridized carbons (Fsp3) is 0.542. The molecular formula is C24H34N4O8. The van der Waals surface area contributed by atoms with Gasteiger partial charge in [-0.2, -0.15) is 0 Å². The van der Waals surface area contributed by atoms with Crippen LogP contribution in [0.5, 0.6) is 5.75 Å². The van der Waals surface area contributed by atoms with E-state index in [1.165, 1.54) is 30.2 Å². The summed E-state index contributed by atoms with van der Waals surface area (Å²) in [4.78, 5) is 63.9. The van der Waals surface area contributed by atoms with Crippen LogP contribution in [0.15, 0.2) is 24.3 Å². The molecule has 1 fully saturated rings. The summed E-state index contributed by atoms with van der Waals surface area (Å²) in [5.74, 6) is -2.80. The number of nitrogens with two attached hydrogens (primary N) is 1. The first-order valence-electron chi connectivity index (χ1n) is 11.6. The van der Waals surface area contributed by atoms with E-state index >= 15 is 0 Å². The number of nitrogens with zero attached hydrogens (tertiary/aromatic N) is 1. The Balaban J connectivity index is 2.43. The highest BCUT2D eigenvalue weighted by Gasteiger charge is 2.44. The second-order valence-corrected chi connectivity index (χ2v) is 9.47. The van der Waals surface area contributed by atoms with E-state index in [4.69, 9.17) is 10.5 Å². The van der Waals surface area contributed by atoms with Gasteiger partial charge < -0.3 is 35.8 Å². The predicted octanol–water partition coefficient (Wildman–Crippen LogP) is 0.872. The minimum atomic E-state index is -1.24. The van der Waals surface area contributed by atoms with Gasteiger partial charge in [0.15, 0.2) is 0 Å². The number of benzene rings is 1. The van der Waals surface area contributed by atoms with Crippen molar-refractivity contribution in [3.05, 3.63) is 29.8 Å². The molecule has 12 nitrogen and oxygen atoms in total. The standard InChI is InChI=1S/C24H34N4O8/c1-24(2,3)36-23(34)27-17(10-11-18(25)30)22(33)28(15-8-9-15)20(14-6-5-7-16(29)12-14)21(32)26-13-19(31)35-4/h5-7,12,15,17,20,29H,8-11,13H2,1-4H3,(H2,25,30)(H,26,32)(H,27,34). The predicted molar refractivity (Wildman–Crippen MR) is 127 cm³/mol. The molecule has 0 radical (unpaired) electrons. The van der Waals surface area contributed by atoms with E-state index in [2.05, 4.69) is 15.4 Å². The number of hydrogen-bond acceptors (Lipinski definition) is 8. The van der Waals surface area contributed by atoms with Crippen molar-refractivity contribution in [1.82, 2.24) is 15.5 Å². The summed E-state index contributed by atoms with van der Waals surface area (Å²) in [5.41, 5.74) is 4.73. The summed E-state index contributed by atoms with van der Waals surface area (Å²) >= 11 is 0. The summed E-state index contributed by atoms with van der Waals surface area (Å²) in [5, 5.41) is 15.0. The molecule has 0 heterocycles. The molecule has 5 N–H and O–H groups in total. The summed E-state index contributed by atoms with van der Waals surface area (Å²) in [7, 11) is 1.17. The average Bonchev–Trinajstić information content (AvgIpc) is 3.61. The van der Waals surface area contributed by atoms with E-state index in [-0.39, 0.29) is 24.6 Å². The van der Waals surface area contributed by atoms with Crippen molar-refractivity contribution in [3.8, 4) is 5.75 Å². The van der Waals surface area contributed by atoms with Gasteiger partial charge in [-0.1, -0.05) is 12.1 Å². The Morgan fingerprint density at radius 3 is 2.39 bits per heavy atom. The first-order chi connectivity index (χ1) is 16.8. The third-order valence-electron chi connectivity index (χ3n) is 5.21. The van der Waals surface area contributed by atoms with Crippen LogP contribution in [0, 0.1) is 0 Å². The van der Waals surface area contributed by atoms with Crippen molar-refractivity contribution in [2.45, 2.75) is 70.2 Å². The Morgan fingerprint density at radius 2 is 1.86 bits per heavy atom. The Bertz CT molecular complexity index is 987. The lowest BCUT2D eigenvalue weighted by Crippen LogP contribution is -2.54. The quantitative estimate of drug-likeness (QED) is 0.319. The van der Waals surface area contributed by atoms with Gasteiger partial charge in [0.2, 0.25) is 17.7 Å². The second-order valence-electron chi connectivity index (χ2n) is 9.47. The molecular weight excluding hydrogens is 472 g/mol. The molecule has 1 aromatic carbocycles. The number of carbonyl (C=O) groups excluding carboxylic acids is 5. The van der Waals surface area contributed by atoms with Gasteiger partial charge in [-0.25, -0.2) is 4.79 Å². The van der Waals surface area contributed by atoms with Crippen LogP contribution in [0.25, 0.3) is 0 Å². The van der Waals surface area contributed by atoms with Crippen LogP contribution in [-0.2, 0) is 28.7 Å². The molecule has 12 heteroatoms. The lowest BCUT2D eigenvalue weighted by Gasteiger charge is -2.34. The summed E-state index contributed by atoms with van der Waals surface area (Å²) in [6.07, 6.45) is 0.00854. The Labute approximate surface area is 209 Å². The minimum absolute atomic E-state index is 0.118. The smallest absolute Gasteiger partial charge is 0.408 e. The van der Waals surface area contributed by atoms with Gasteiger partial charge in [0.25, 0.3) is 0 Å². The number of esters is 1. The van der Waals surface area contributed by atoms with Crippen LogP contribution in [0.3, 0.4) is 0 Å². The van der Waals surface area contributed by atoms with Gasteiger partial charge in [0, 0.05) is 12.5 Å². The molecule has 2 rings (SSSR count). The van der Waals surface area contributed by atoms with E-state index in [1.807, 2.05) is 0 Å². The Morgan fingerprint density at radius 1 is 1.19 bits per heavy atom. The van der Waals surface area contributed by atoms with Crippen molar-refractivity contribution >= 4 is 29.8 Å². The number of hydrogen-bond donors (Lipinski definition) is 4. The van der Waals surface area contributed by atoms with Crippen LogP contribution < -0.4 is 16.4 Å². The van der Waals surface area contributed by atoms with Gasteiger partial charge in [0.05, 0.1) is 7.11 Å². The molecule has 0 aromatic heterocycles. The molecule has 1 aliphatic carbocycles. The van der Waals surface area contributed by atoms with Gasteiger partial charge in [0.1, 0.15) is 30.0 Å². The van der Waals surface area contributed by atoms with Gasteiger partial charge >= 0.3 is 12.1 Å². The number of phenols is 1. The number of phenolic OH excluding ortho intramolecular Hbond substituents is 1. The lowest BCUT2D eigenvalue weighted by molar-refractivity contribution is -0.145. The largest absolute Gasteiger partial charge is 0.508 e. The van der Waals surface area contributed by atoms with E-state index in [0.29, 0.717) is 18.4 Å². The van der Waals surface area contributed by atoms with Gasteiger partial charge in [-0.05, 0) is 57.7 Å². The Kier molecular flexibility index (Phi) is 9.65. The average molecular weight is 507 g/mol. The molecule has 1 aromatic rings. The minimum Gasteiger partial charge on any atom is -0.508 e. The molecule has 2 unspecified atom stereocenters. The fourth-order valence-corrected chi connectivity index (χ4v) is 3.51. The number of ether oxygens (including phenoxy) is 2. The van der Waals surface area contributed by atoms with Crippen molar-refractivity contribution < 1.29 is 38.6 Å². The zero-order chi connectivity index (χ0) is 27.0. The SMILES string of the molecule is COC(=O)CNC(=O)C(c1cccc(O)c1)N(C(=O)C(CCC(N)=O)NC(=O)OC(C)(C)C)C1CC1. The zero-order valence-electron chi connectivity index (χ0n) is 20.9. The van der Waals surface area contributed by atoms with Gasteiger partial charge in [-0.3, -0.25) is 19.2 Å². The van der Waals surface area contributed by atoms with Crippen molar-refractivity contribution in [1.29, 1.82) is 0 Å². The number of amides is 4. The maximum absolute atomic E-state index is 13.8. The van der Waals surface area contributed by atoms with Crippen LogP contribution in [0.4, 0.5) is 4.79 Å². The number of nitrogens with one attached hydrogen (secondary N) is 2. The Hall–Kier alpha value is -3.83. The fourth-order valence-electron chi connectivity index (χ4n) is 3.51. The summed E-state index contributed by atoms with van der Waals surface area (Å²) in [6.45, 7) is 4.55. The second kappa shape index (κ2) is 12.2. The molecule has 1 saturated carbocycles. The maximum Gasteiger partial charge on any atom is 0.408 e. The normalized spacial score (nSPS) is 14.7. The molecule has 4 amide bonds. The van der Waals surface area contributed by atoms with Crippen LogP contribution in [0.2, 0.25) is 0 Å². The molecule has 198 valence electrons. The highest BCUT2D eigenvalue weighted by molar-refractivity contribution is 5.94. The number of aromatic hydroxyl groups is 1. The summed E-state index contributed by atoms with van der Waals surface area (Å²) in [6, 6.07) is 3.03. The van der Waals surface area contributed by atoms with E-state index in [0.717, 1.165) is 0 Å². The summed E-state index contributed by atoms with van der Waals surface area (Å²) < 4.78 is 9.84. The highest BCUT2D eigenvalue weighted by Crippen LogP contribution is 2.36. The number of alkyl carbamates (subject to hydrolysis) is 1. The first-order valence-corrected chi connectivity index (χ1v) is 11.6. The molecule has 0 aliphatic heterocycles. The first kappa shape index (κ1) is 28.4. The zero-order valence-corrected chi connectivity index (χ0v) is 20.9.